The standard InChI is InChI=1S/C16H17F4NO3/c17-9-3-4-10(11(18)7-9)16(5-1-2-6-16)15(24)21-12(14(22)23)8-13(19)20/h3-4,7,12-13H,1-2,5-6,8H2,(H,21,24)(H,22,23). The number of nitrogens with one attached hydrogen (secondary N) is 1. The highest BCUT2D eigenvalue weighted by Gasteiger charge is 2.45. The fourth-order valence-corrected chi connectivity index (χ4v) is 3.17. The van der Waals surface area contributed by atoms with Gasteiger partial charge in [-0.05, 0) is 18.9 Å². The maximum absolute atomic E-state index is 14.2. The number of carboxylic acid groups (broad SMARTS) is 1. The van der Waals surface area contributed by atoms with Crippen molar-refractivity contribution in [2.75, 3.05) is 0 Å². The first-order chi connectivity index (χ1) is 11.3. The van der Waals surface area contributed by atoms with Gasteiger partial charge in [-0.1, -0.05) is 18.9 Å². The van der Waals surface area contributed by atoms with Crippen LogP contribution in [-0.2, 0) is 15.0 Å². The lowest BCUT2D eigenvalue weighted by molar-refractivity contribution is -0.144. The maximum atomic E-state index is 14.2. The normalized spacial score (nSPS) is 17.7. The highest BCUT2D eigenvalue weighted by atomic mass is 19.3. The van der Waals surface area contributed by atoms with Crippen molar-refractivity contribution in [3.05, 3.63) is 35.4 Å². The second-order valence-corrected chi connectivity index (χ2v) is 5.90. The van der Waals surface area contributed by atoms with Crippen LogP contribution >= 0.6 is 0 Å². The summed E-state index contributed by atoms with van der Waals surface area (Å²) in [5.74, 6) is -4.12. The molecule has 1 aliphatic rings. The molecule has 132 valence electrons. The fraction of sp³-hybridized carbons (Fsp3) is 0.500. The smallest absolute Gasteiger partial charge is 0.326 e. The van der Waals surface area contributed by atoms with Gasteiger partial charge in [-0.15, -0.1) is 0 Å². The molecule has 1 saturated carbocycles. The number of aliphatic carboxylic acids is 1. The number of benzene rings is 1. The summed E-state index contributed by atoms with van der Waals surface area (Å²) in [4.78, 5) is 23.7. The third kappa shape index (κ3) is 3.68. The summed E-state index contributed by atoms with van der Waals surface area (Å²) < 4.78 is 52.2. The Kier molecular flexibility index (Phi) is 5.46. The Hall–Kier alpha value is -2.12. The Balaban J connectivity index is 2.32. The SMILES string of the molecule is O=C(O)C(CC(F)F)NC(=O)C1(c2ccc(F)cc2F)CCCC1. The van der Waals surface area contributed by atoms with Crippen LogP contribution in [0, 0.1) is 11.6 Å². The van der Waals surface area contributed by atoms with Crippen molar-refractivity contribution in [1.82, 2.24) is 5.32 Å². The van der Waals surface area contributed by atoms with Crippen LogP contribution in [0.15, 0.2) is 18.2 Å². The minimum atomic E-state index is -2.91. The van der Waals surface area contributed by atoms with Gasteiger partial charge in [-0.3, -0.25) is 4.79 Å². The van der Waals surface area contributed by atoms with E-state index in [4.69, 9.17) is 5.11 Å². The molecule has 1 amide bonds. The maximum Gasteiger partial charge on any atom is 0.326 e. The second kappa shape index (κ2) is 7.19. The predicted octanol–water partition coefficient (Wildman–Crippen LogP) is 3.00. The summed E-state index contributed by atoms with van der Waals surface area (Å²) in [7, 11) is 0. The first kappa shape index (κ1) is 18.2. The summed E-state index contributed by atoms with van der Waals surface area (Å²) in [5.41, 5.74) is -1.41. The molecule has 0 aromatic heterocycles. The third-order valence-electron chi connectivity index (χ3n) is 4.36. The molecule has 2 N–H and O–H groups in total. The number of carbonyl (C=O) groups excluding carboxylic acids is 1. The number of alkyl halides is 2. The van der Waals surface area contributed by atoms with Gasteiger partial charge in [0.15, 0.2) is 0 Å². The lowest BCUT2D eigenvalue weighted by Crippen LogP contribution is -2.50. The fourth-order valence-electron chi connectivity index (χ4n) is 3.17. The first-order valence-electron chi connectivity index (χ1n) is 7.54. The van der Waals surface area contributed by atoms with Crippen LogP contribution < -0.4 is 5.32 Å². The van der Waals surface area contributed by atoms with Crippen LogP contribution in [0.2, 0.25) is 0 Å². The second-order valence-electron chi connectivity index (χ2n) is 5.90. The largest absolute Gasteiger partial charge is 0.480 e. The predicted molar refractivity (Wildman–Crippen MR) is 76.7 cm³/mol. The van der Waals surface area contributed by atoms with Gasteiger partial charge in [0.2, 0.25) is 12.3 Å². The summed E-state index contributed by atoms with van der Waals surface area (Å²) in [6.45, 7) is 0. The zero-order valence-corrected chi connectivity index (χ0v) is 12.7. The average Bonchev–Trinajstić information content (AvgIpc) is 2.96. The molecule has 1 aliphatic carbocycles. The molecular weight excluding hydrogens is 330 g/mol. The Morgan fingerprint density at radius 1 is 1.21 bits per heavy atom. The van der Waals surface area contributed by atoms with Gasteiger partial charge in [-0.25, -0.2) is 22.4 Å². The van der Waals surface area contributed by atoms with E-state index in [1.807, 2.05) is 0 Å². The topological polar surface area (TPSA) is 66.4 Å². The Labute approximate surface area is 135 Å². The number of carboxylic acids is 1. The highest BCUT2D eigenvalue weighted by molar-refractivity contribution is 5.91. The van der Waals surface area contributed by atoms with E-state index < -0.39 is 47.8 Å². The van der Waals surface area contributed by atoms with Crippen LogP contribution in [0.3, 0.4) is 0 Å². The monoisotopic (exact) mass is 347 g/mol. The van der Waals surface area contributed by atoms with Crippen molar-refractivity contribution in [3.63, 3.8) is 0 Å². The third-order valence-corrected chi connectivity index (χ3v) is 4.36. The Morgan fingerprint density at radius 3 is 2.33 bits per heavy atom. The van der Waals surface area contributed by atoms with E-state index >= 15 is 0 Å². The summed E-state index contributed by atoms with van der Waals surface area (Å²) in [5, 5.41) is 11.1. The molecule has 4 nitrogen and oxygen atoms in total. The molecule has 1 fully saturated rings. The van der Waals surface area contributed by atoms with Crippen LogP contribution in [0.25, 0.3) is 0 Å². The molecule has 1 atom stereocenters. The molecule has 2 rings (SSSR count). The van der Waals surface area contributed by atoms with Crippen LogP contribution in [0.1, 0.15) is 37.7 Å². The lowest BCUT2D eigenvalue weighted by atomic mass is 9.77. The Morgan fingerprint density at radius 2 is 1.83 bits per heavy atom. The van der Waals surface area contributed by atoms with Crippen molar-refractivity contribution in [3.8, 4) is 0 Å². The molecule has 1 unspecified atom stereocenters. The molecule has 0 radical (unpaired) electrons. The van der Waals surface area contributed by atoms with Crippen molar-refractivity contribution in [1.29, 1.82) is 0 Å². The quantitative estimate of drug-likeness (QED) is 0.778. The number of rotatable bonds is 6. The van der Waals surface area contributed by atoms with E-state index in [0.717, 1.165) is 12.1 Å². The first-order valence-corrected chi connectivity index (χ1v) is 7.54. The molecule has 8 heteroatoms. The minimum Gasteiger partial charge on any atom is -0.480 e. The van der Waals surface area contributed by atoms with Gasteiger partial charge < -0.3 is 10.4 Å². The van der Waals surface area contributed by atoms with E-state index in [0.29, 0.717) is 18.9 Å². The van der Waals surface area contributed by atoms with Gasteiger partial charge in [0, 0.05) is 18.1 Å². The van der Waals surface area contributed by atoms with Gasteiger partial charge >= 0.3 is 5.97 Å². The van der Waals surface area contributed by atoms with E-state index in [9.17, 15) is 27.2 Å². The van der Waals surface area contributed by atoms with Crippen molar-refractivity contribution < 1.29 is 32.3 Å². The van der Waals surface area contributed by atoms with Crippen LogP contribution in [-0.4, -0.2) is 29.5 Å². The van der Waals surface area contributed by atoms with Crippen LogP contribution in [0.4, 0.5) is 17.6 Å². The molecule has 0 saturated heterocycles. The Bertz CT molecular complexity index is 630. The van der Waals surface area contributed by atoms with Gasteiger partial charge in [0.25, 0.3) is 0 Å². The summed E-state index contributed by atoms with van der Waals surface area (Å²) in [6, 6.07) is 1.05. The van der Waals surface area contributed by atoms with E-state index in [1.165, 1.54) is 0 Å². The lowest BCUT2D eigenvalue weighted by Gasteiger charge is -2.30. The molecule has 0 aliphatic heterocycles. The molecule has 0 spiro atoms. The van der Waals surface area contributed by atoms with Gasteiger partial charge in [-0.2, -0.15) is 0 Å². The summed E-state index contributed by atoms with van der Waals surface area (Å²) >= 11 is 0. The van der Waals surface area contributed by atoms with E-state index in [1.54, 1.807) is 0 Å². The molecule has 1 aromatic carbocycles. The average molecular weight is 347 g/mol. The molecule has 0 heterocycles. The molecule has 0 bridgehead atoms. The number of halogens is 4. The van der Waals surface area contributed by atoms with Gasteiger partial charge in [0.1, 0.15) is 17.7 Å². The molecule has 1 aromatic rings. The highest BCUT2D eigenvalue weighted by Crippen LogP contribution is 2.42. The minimum absolute atomic E-state index is 0.0416. The van der Waals surface area contributed by atoms with Crippen LogP contribution in [0.5, 0.6) is 0 Å². The van der Waals surface area contributed by atoms with Gasteiger partial charge in [0.05, 0.1) is 5.41 Å². The zero-order chi connectivity index (χ0) is 17.9. The number of carbonyl (C=O) groups is 2. The number of amides is 1. The van der Waals surface area contributed by atoms with E-state index in [2.05, 4.69) is 5.32 Å². The molecular formula is C16H17F4NO3. The van der Waals surface area contributed by atoms with Crippen molar-refractivity contribution >= 4 is 11.9 Å². The zero-order valence-electron chi connectivity index (χ0n) is 12.7. The summed E-state index contributed by atoms with van der Waals surface area (Å²) in [6.07, 6.45) is -2.28. The number of hydrogen-bond acceptors (Lipinski definition) is 2. The van der Waals surface area contributed by atoms with Crippen molar-refractivity contribution in [2.24, 2.45) is 0 Å². The molecule has 24 heavy (non-hydrogen) atoms. The van der Waals surface area contributed by atoms with Crippen molar-refractivity contribution in [2.45, 2.75) is 50.0 Å². The number of hydrogen-bond donors (Lipinski definition) is 2. The van der Waals surface area contributed by atoms with E-state index in [-0.39, 0.29) is 18.4 Å².